The lowest BCUT2D eigenvalue weighted by atomic mass is 10.1. The summed E-state index contributed by atoms with van der Waals surface area (Å²) < 4.78 is 10.7. The molecule has 0 radical (unpaired) electrons. The minimum Gasteiger partial charge on any atom is -0.463 e. The zero-order valence-corrected chi connectivity index (χ0v) is 50.8. The van der Waals surface area contributed by atoms with Crippen LogP contribution in [0.15, 0.2) is 48.5 Å². The monoisotopic (exact) mass is 1270 g/mol. The topological polar surface area (TPSA) is 210 Å². The van der Waals surface area contributed by atoms with Crippen LogP contribution in [-0.4, -0.2) is 159 Å². The lowest BCUT2D eigenvalue weighted by Gasteiger charge is -2.23. The molecular weight excluding hydrogens is 1200 g/mol. The summed E-state index contributed by atoms with van der Waals surface area (Å²) in [6.07, 6.45) is 11.4. The normalized spacial score (nSPS) is 15.5. The molecule has 0 saturated carbocycles. The van der Waals surface area contributed by atoms with Crippen LogP contribution in [0.3, 0.4) is 0 Å². The average molecular weight is 1280 g/mol. The number of unbranched alkanes of at least 4 members (excludes halogenated alkanes) is 9. The van der Waals surface area contributed by atoms with E-state index >= 15 is 0 Å². The molecule has 2 heterocycles. The van der Waals surface area contributed by atoms with Gasteiger partial charge >= 0.3 is 11.9 Å². The molecule has 4 atom stereocenters. The molecule has 2 aromatic rings. The smallest absolute Gasteiger partial charge is 0.323 e. The first kappa shape index (κ1) is 78.2. The second-order valence-electron chi connectivity index (χ2n) is 17.7. The highest BCUT2D eigenvalue weighted by Gasteiger charge is 2.39. The molecule has 2 aromatic carbocycles. The van der Waals surface area contributed by atoms with Crippen LogP contribution in [0, 0.1) is 0 Å². The third kappa shape index (κ3) is 27.4. The Hall–Kier alpha value is -2.00. The maximum atomic E-state index is 12.9. The van der Waals surface area contributed by atoms with E-state index in [1.54, 1.807) is 0 Å². The number of amides is 4. The number of hydrogen-bond donors (Lipinski definition) is 4. The Morgan fingerprint density at radius 3 is 1.09 bits per heavy atom. The van der Waals surface area contributed by atoms with Crippen LogP contribution in [-0.2, 0) is 51.1 Å². The first-order chi connectivity index (χ1) is 33.9. The molecule has 2 aliphatic heterocycles. The van der Waals surface area contributed by atoms with E-state index in [1.807, 2.05) is 48.5 Å². The van der Waals surface area contributed by atoms with Crippen molar-refractivity contribution < 1.29 is 38.2 Å². The van der Waals surface area contributed by atoms with Crippen molar-refractivity contribution in [2.24, 2.45) is 11.5 Å². The number of hydrogen-bond acceptors (Lipinski definition) is 14. The number of anilines is 2. The number of nitrogens with two attached hydrogens (primary N) is 2. The lowest BCUT2D eigenvalue weighted by molar-refractivity contribution is -0.149. The molecule has 6 N–H and O–H groups in total. The summed E-state index contributed by atoms with van der Waals surface area (Å²) in [6.45, 7) is 3.71. The predicted octanol–water partition coefficient (Wildman–Crippen LogP) is 7.65. The average Bonchev–Trinajstić information content (AvgIpc) is 3.78. The van der Waals surface area contributed by atoms with Gasteiger partial charge in [-0.2, -0.15) is 0 Å². The largest absolute Gasteiger partial charge is 0.463 e. The van der Waals surface area contributed by atoms with Gasteiger partial charge in [0, 0.05) is 61.1 Å². The van der Waals surface area contributed by atoms with Crippen LogP contribution in [0.2, 0.25) is 0 Å². The Labute approximate surface area is 506 Å². The Balaban J connectivity index is -0.00000888. The van der Waals surface area contributed by atoms with Crippen LogP contribution < -0.4 is 31.9 Å². The summed E-state index contributed by atoms with van der Waals surface area (Å²) in [4.78, 5) is 82.7. The van der Waals surface area contributed by atoms with Crippen molar-refractivity contribution in [3.63, 3.8) is 0 Å². The fourth-order valence-corrected chi connectivity index (χ4v) is 9.39. The maximum Gasteiger partial charge on any atom is 0.323 e. The fraction of sp³-hybridized carbons (Fsp3) is 0.640. The van der Waals surface area contributed by atoms with Gasteiger partial charge in [-0.15, -0.1) is 121 Å². The number of benzene rings is 2. The summed E-state index contributed by atoms with van der Waals surface area (Å²) in [5.74, 6) is -0.446. The Bertz CT molecular complexity index is 1790. The van der Waals surface area contributed by atoms with E-state index in [2.05, 4.69) is 20.4 Å². The lowest BCUT2D eigenvalue weighted by Crippen LogP contribution is -2.41. The minimum absolute atomic E-state index is 0. The van der Waals surface area contributed by atoms with Crippen LogP contribution >= 0.6 is 121 Å². The molecule has 4 rings (SSSR count). The molecule has 0 aliphatic carbocycles. The van der Waals surface area contributed by atoms with E-state index in [4.69, 9.17) is 67.3 Å². The molecule has 76 heavy (non-hydrogen) atoms. The van der Waals surface area contributed by atoms with Gasteiger partial charge in [-0.25, -0.2) is 0 Å². The number of likely N-dealkylation sites (tertiary alicyclic amines) is 2. The first-order valence-electron chi connectivity index (χ1n) is 24.8. The van der Waals surface area contributed by atoms with Crippen molar-refractivity contribution in [3.05, 3.63) is 59.7 Å². The maximum absolute atomic E-state index is 12.9. The number of ether oxygens (including phenoxy) is 2. The molecule has 4 amide bonds. The zero-order chi connectivity index (χ0) is 50.7. The highest BCUT2D eigenvalue weighted by Crippen LogP contribution is 2.20. The molecule has 438 valence electrons. The van der Waals surface area contributed by atoms with Crippen molar-refractivity contribution in [2.75, 3.05) is 98.9 Å². The summed E-state index contributed by atoms with van der Waals surface area (Å²) in [5.41, 5.74) is 15.9. The molecule has 26 heteroatoms. The Morgan fingerprint density at radius 1 is 0.513 bits per heavy atom. The number of rotatable bonds is 37. The summed E-state index contributed by atoms with van der Waals surface area (Å²) in [6, 6.07) is 12.5. The molecule has 0 spiro atoms. The van der Waals surface area contributed by atoms with Crippen molar-refractivity contribution in [3.8, 4) is 0 Å². The number of alkyl halides is 4. The van der Waals surface area contributed by atoms with E-state index in [1.165, 1.54) is 0 Å². The number of carbonyl (C=O) groups is 6. The third-order valence-electron chi connectivity index (χ3n) is 12.5. The Morgan fingerprint density at radius 2 is 0.803 bits per heavy atom. The number of nitrogens with one attached hydrogen (secondary N) is 2. The fourth-order valence-electron chi connectivity index (χ4n) is 8.57. The SMILES string of the molecule is Cl.Cl.Cl.Cl.Cl.Cl.N[C@@H](Cc1ccc(N(CCCl)CCCl)cc1)C(=O)OCCN1C(=O)CC(NCCCCCCCCCCCCNC2CC(=O)N(CCOC(=O)[C@@H](N)Cc3ccc(N(CCCl)CCCl)cc3)C2=O)C1=O. The summed E-state index contributed by atoms with van der Waals surface area (Å²) >= 11 is 23.7. The molecule has 16 nitrogen and oxygen atoms in total. The second kappa shape index (κ2) is 44.7. The number of esters is 2. The quantitative estimate of drug-likeness (QED) is 0.0222. The highest BCUT2D eigenvalue weighted by atomic mass is 35.5. The van der Waals surface area contributed by atoms with E-state index in [-0.39, 0.29) is 150 Å². The third-order valence-corrected chi connectivity index (χ3v) is 13.2. The molecule has 2 fully saturated rings. The number of nitrogens with zero attached hydrogens (tertiary/aromatic N) is 4. The molecule has 2 saturated heterocycles. The number of carbonyl (C=O) groups excluding carboxylic acids is 6. The van der Waals surface area contributed by atoms with Gasteiger partial charge in [-0.05, 0) is 74.2 Å². The second-order valence-corrected chi connectivity index (χ2v) is 19.3. The van der Waals surface area contributed by atoms with Crippen molar-refractivity contribution in [1.29, 1.82) is 0 Å². The van der Waals surface area contributed by atoms with E-state index in [9.17, 15) is 28.8 Å². The number of imide groups is 2. The molecule has 2 aliphatic rings. The van der Waals surface area contributed by atoms with Crippen molar-refractivity contribution in [2.45, 2.75) is 114 Å². The first-order valence-corrected chi connectivity index (χ1v) is 27.0. The standard InChI is InChI=1S/C50H74Cl4N8O8.6ClH/c51-19-25-59(26-20-52)39-15-11-37(12-16-39)33-41(55)49(67)69-31-29-61-45(63)35-43(47(61)65)57-23-9-7-5-3-1-2-4-6-8-10-24-58-44-36-46(64)62(48(44)66)30-32-70-50(68)42(56)34-38-13-17-40(18-14-38)60(27-21-53)28-22-54;;;;;;/h11-18,41-44,57-58H,1-10,19-36,55-56H2;6*1H/t41-,42-,43?,44?;;;;;;/m0....../s1. The van der Waals surface area contributed by atoms with Gasteiger partial charge in [0.25, 0.3) is 0 Å². The van der Waals surface area contributed by atoms with Crippen molar-refractivity contribution in [1.82, 2.24) is 20.4 Å². The van der Waals surface area contributed by atoms with Crippen molar-refractivity contribution >= 4 is 168 Å². The van der Waals surface area contributed by atoms with E-state index < -0.39 is 36.1 Å². The van der Waals surface area contributed by atoms with Gasteiger partial charge in [0.2, 0.25) is 23.6 Å². The van der Waals surface area contributed by atoms with Gasteiger partial charge < -0.3 is 41.4 Å². The van der Waals surface area contributed by atoms with Gasteiger partial charge in [-0.1, -0.05) is 75.6 Å². The summed E-state index contributed by atoms with van der Waals surface area (Å²) in [5, 5.41) is 6.45. The van der Waals surface area contributed by atoms with Crippen LogP contribution in [0.25, 0.3) is 0 Å². The Kier molecular flexibility index (Phi) is 46.0. The van der Waals surface area contributed by atoms with Gasteiger partial charge in [0.15, 0.2) is 0 Å². The molecule has 0 aromatic heterocycles. The predicted molar refractivity (Wildman–Crippen MR) is 321 cm³/mol. The zero-order valence-electron chi connectivity index (χ0n) is 42.9. The van der Waals surface area contributed by atoms with Crippen LogP contribution in [0.5, 0.6) is 0 Å². The van der Waals surface area contributed by atoms with Gasteiger partial charge in [0.05, 0.1) is 38.0 Å². The van der Waals surface area contributed by atoms with Gasteiger partial charge in [-0.3, -0.25) is 38.6 Å². The summed E-state index contributed by atoms with van der Waals surface area (Å²) in [7, 11) is 0. The van der Waals surface area contributed by atoms with Crippen LogP contribution in [0.4, 0.5) is 11.4 Å². The molecular formula is C50H80Cl10N8O8. The molecule has 0 bridgehead atoms. The van der Waals surface area contributed by atoms with Gasteiger partial charge in [0.1, 0.15) is 25.3 Å². The number of halogens is 10. The highest BCUT2D eigenvalue weighted by molar-refractivity contribution is 6.19. The van der Waals surface area contributed by atoms with E-state index in [0.29, 0.717) is 62.8 Å². The van der Waals surface area contributed by atoms with E-state index in [0.717, 1.165) is 96.5 Å². The molecule has 2 unspecified atom stereocenters. The van der Waals surface area contributed by atoms with Crippen LogP contribution in [0.1, 0.15) is 88.2 Å². The minimum atomic E-state index is -0.886.